The Labute approximate surface area is 79.0 Å². The smallest absolute Gasteiger partial charge is 0.407 e. The lowest BCUT2D eigenvalue weighted by Crippen LogP contribution is -2.36. The number of hydrogen-bond acceptors (Lipinski definition) is 3. The van der Waals surface area contributed by atoms with E-state index < -0.39 is 5.60 Å². The van der Waals surface area contributed by atoms with E-state index in [0.717, 1.165) is 6.42 Å². The Morgan fingerprint density at radius 3 is 2.38 bits per heavy atom. The van der Waals surface area contributed by atoms with Gasteiger partial charge in [0.2, 0.25) is 0 Å². The summed E-state index contributed by atoms with van der Waals surface area (Å²) in [6.07, 6.45) is 0.672. The molecular weight excluding hydrogens is 168 g/mol. The van der Waals surface area contributed by atoms with Crippen molar-refractivity contribution in [3.63, 3.8) is 0 Å². The third kappa shape index (κ3) is 3.63. The summed E-state index contributed by atoms with van der Waals surface area (Å²) >= 11 is 0. The van der Waals surface area contributed by atoms with Gasteiger partial charge in [-0.1, -0.05) is 0 Å². The minimum absolute atomic E-state index is 0.250. The quantitative estimate of drug-likeness (QED) is 0.673. The predicted octanol–water partition coefficient (Wildman–Crippen LogP) is 0.871. The van der Waals surface area contributed by atoms with Crippen LogP contribution in [0.5, 0.6) is 0 Å². The summed E-state index contributed by atoms with van der Waals surface area (Å²) in [5, 5.41) is 5.87. The normalized spacial score (nSPS) is 26.8. The van der Waals surface area contributed by atoms with E-state index in [2.05, 4.69) is 10.6 Å². The van der Waals surface area contributed by atoms with E-state index in [1.165, 1.54) is 0 Å². The van der Waals surface area contributed by atoms with Crippen LogP contribution in [0.3, 0.4) is 0 Å². The van der Waals surface area contributed by atoms with Crippen LogP contribution < -0.4 is 10.6 Å². The van der Waals surface area contributed by atoms with Gasteiger partial charge in [-0.3, -0.25) is 0 Å². The summed E-state index contributed by atoms with van der Waals surface area (Å²) < 4.78 is 5.10. The standard InChI is InChI=1S/C9H18N2O2/c1-9(2,3)13-8(12)11-7-5-6(7)10-4/h6-7,10H,5H2,1-4H3,(H,11,12). The van der Waals surface area contributed by atoms with E-state index >= 15 is 0 Å². The number of alkyl carbamates (subject to hydrolysis) is 1. The monoisotopic (exact) mass is 186 g/mol. The molecule has 1 fully saturated rings. The van der Waals surface area contributed by atoms with Crippen LogP contribution >= 0.6 is 0 Å². The largest absolute Gasteiger partial charge is 0.444 e. The number of hydrogen-bond donors (Lipinski definition) is 2. The fraction of sp³-hybridized carbons (Fsp3) is 0.889. The van der Waals surface area contributed by atoms with Crippen LogP contribution in [0, 0.1) is 0 Å². The molecule has 13 heavy (non-hydrogen) atoms. The van der Waals surface area contributed by atoms with Gasteiger partial charge in [0.05, 0.1) is 0 Å². The average Bonchev–Trinajstić information content (AvgIpc) is 2.62. The van der Waals surface area contributed by atoms with E-state index in [9.17, 15) is 4.79 Å². The van der Waals surface area contributed by atoms with E-state index in [1.54, 1.807) is 0 Å². The van der Waals surface area contributed by atoms with Gasteiger partial charge in [0.1, 0.15) is 5.60 Å². The number of amides is 1. The Kier molecular flexibility index (Phi) is 2.81. The van der Waals surface area contributed by atoms with Crippen molar-refractivity contribution < 1.29 is 9.53 Å². The topological polar surface area (TPSA) is 50.4 Å². The first-order chi connectivity index (χ1) is 5.92. The number of carbonyl (C=O) groups is 1. The maximum atomic E-state index is 11.2. The van der Waals surface area contributed by atoms with Crippen molar-refractivity contribution >= 4 is 6.09 Å². The van der Waals surface area contributed by atoms with Crippen LogP contribution in [0.2, 0.25) is 0 Å². The molecule has 1 amide bonds. The summed E-state index contributed by atoms with van der Waals surface area (Å²) in [5.41, 5.74) is -0.409. The molecule has 0 saturated heterocycles. The maximum absolute atomic E-state index is 11.2. The summed E-state index contributed by atoms with van der Waals surface area (Å²) in [6, 6.07) is 0.673. The van der Waals surface area contributed by atoms with E-state index in [-0.39, 0.29) is 12.1 Å². The van der Waals surface area contributed by atoms with E-state index in [0.29, 0.717) is 6.04 Å². The van der Waals surface area contributed by atoms with Gasteiger partial charge < -0.3 is 15.4 Å². The molecule has 2 atom stereocenters. The molecule has 4 nitrogen and oxygen atoms in total. The van der Waals surface area contributed by atoms with Gasteiger partial charge in [-0.05, 0) is 34.2 Å². The SMILES string of the molecule is CNC1CC1NC(=O)OC(C)(C)C. The van der Waals surface area contributed by atoms with Crippen LogP contribution in [0.15, 0.2) is 0 Å². The van der Waals surface area contributed by atoms with E-state index in [1.807, 2.05) is 27.8 Å². The fourth-order valence-corrected chi connectivity index (χ4v) is 1.13. The molecule has 0 heterocycles. The van der Waals surface area contributed by atoms with Gasteiger partial charge in [0.15, 0.2) is 0 Å². The highest BCUT2D eigenvalue weighted by Gasteiger charge is 2.37. The molecular formula is C9H18N2O2. The summed E-state index contributed by atoms with van der Waals surface area (Å²) in [6.45, 7) is 5.57. The molecule has 0 spiro atoms. The van der Waals surface area contributed by atoms with Gasteiger partial charge in [0.25, 0.3) is 0 Å². The van der Waals surface area contributed by atoms with E-state index in [4.69, 9.17) is 4.74 Å². The number of rotatable bonds is 2. The highest BCUT2D eigenvalue weighted by molar-refractivity contribution is 5.68. The Morgan fingerprint density at radius 2 is 2.00 bits per heavy atom. The summed E-state index contributed by atoms with van der Waals surface area (Å²) in [5.74, 6) is 0. The van der Waals surface area contributed by atoms with Crippen molar-refractivity contribution in [1.29, 1.82) is 0 Å². The Bertz CT molecular complexity index is 198. The maximum Gasteiger partial charge on any atom is 0.407 e. The number of ether oxygens (including phenoxy) is 1. The Morgan fingerprint density at radius 1 is 1.38 bits per heavy atom. The van der Waals surface area contributed by atoms with Gasteiger partial charge >= 0.3 is 6.09 Å². The summed E-state index contributed by atoms with van der Waals surface area (Å²) in [4.78, 5) is 11.2. The van der Waals surface area contributed by atoms with Gasteiger partial charge in [0, 0.05) is 12.1 Å². The van der Waals surface area contributed by atoms with Gasteiger partial charge in [-0.2, -0.15) is 0 Å². The molecule has 1 saturated carbocycles. The van der Waals surface area contributed by atoms with Crippen molar-refractivity contribution in [3.8, 4) is 0 Å². The fourth-order valence-electron chi connectivity index (χ4n) is 1.13. The Balaban J connectivity index is 2.20. The zero-order valence-corrected chi connectivity index (χ0v) is 8.68. The minimum atomic E-state index is -0.409. The average molecular weight is 186 g/mol. The lowest BCUT2D eigenvalue weighted by Gasteiger charge is -2.19. The van der Waals surface area contributed by atoms with Gasteiger partial charge in [-0.25, -0.2) is 4.79 Å². The number of likely N-dealkylation sites (N-methyl/N-ethyl adjacent to an activating group) is 1. The molecule has 2 unspecified atom stereocenters. The van der Waals surface area contributed by atoms with Crippen molar-refractivity contribution in [2.24, 2.45) is 0 Å². The lowest BCUT2D eigenvalue weighted by atomic mass is 10.2. The highest BCUT2D eigenvalue weighted by atomic mass is 16.6. The van der Waals surface area contributed by atoms with Crippen LogP contribution in [0.25, 0.3) is 0 Å². The first-order valence-electron chi connectivity index (χ1n) is 4.59. The minimum Gasteiger partial charge on any atom is -0.444 e. The predicted molar refractivity (Wildman–Crippen MR) is 50.6 cm³/mol. The second-order valence-corrected chi connectivity index (χ2v) is 4.38. The second kappa shape index (κ2) is 3.54. The van der Waals surface area contributed by atoms with Crippen LogP contribution in [0.1, 0.15) is 27.2 Å². The number of carbonyl (C=O) groups excluding carboxylic acids is 1. The van der Waals surface area contributed by atoms with Crippen LogP contribution in [-0.2, 0) is 4.74 Å². The number of nitrogens with one attached hydrogen (secondary N) is 2. The molecule has 0 aromatic heterocycles. The third-order valence-electron chi connectivity index (χ3n) is 1.86. The zero-order valence-electron chi connectivity index (χ0n) is 8.68. The third-order valence-corrected chi connectivity index (χ3v) is 1.86. The molecule has 0 radical (unpaired) electrons. The molecule has 0 aromatic carbocycles. The molecule has 4 heteroatoms. The first-order valence-corrected chi connectivity index (χ1v) is 4.59. The van der Waals surface area contributed by atoms with Crippen molar-refractivity contribution in [2.75, 3.05) is 7.05 Å². The zero-order chi connectivity index (χ0) is 10.1. The first kappa shape index (κ1) is 10.3. The molecule has 1 rings (SSSR count). The molecule has 2 N–H and O–H groups in total. The van der Waals surface area contributed by atoms with Crippen molar-refractivity contribution in [2.45, 2.75) is 44.9 Å². The molecule has 0 aliphatic heterocycles. The molecule has 0 aromatic rings. The van der Waals surface area contributed by atoms with Crippen molar-refractivity contribution in [1.82, 2.24) is 10.6 Å². The summed E-state index contributed by atoms with van der Waals surface area (Å²) in [7, 11) is 1.89. The second-order valence-electron chi connectivity index (χ2n) is 4.38. The van der Waals surface area contributed by atoms with Gasteiger partial charge in [-0.15, -0.1) is 0 Å². The molecule has 1 aliphatic rings. The highest BCUT2D eigenvalue weighted by Crippen LogP contribution is 2.20. The van der Waals surface area contributed by atoms with Crippen LogP contribution in [-0.4, -0.2) is 30.8 Å². The Hall–Kier alpha value is -0.770. The molecule has 76 valence electrons. The van der Waals surface area contributed by atoms with Crippen LogP contribution in [0.4, 0.5) is 4.79 Å². The molecule has 1 aliphatic carbocycles. The lowest BCUT2D eigenvalue weighted by molar-refractivity contribution is 0.0522. The van der Waals surface area contributed by atoms with Crippen molar-refractivity contribution in [3.05, 3.63) is 0 Å². The molecule has 0 bridgehead atoms.